The Morgan fingerprint density at radius 3 is 3.05 bits per heavy atom. The second-order valence-electron chi connectivity index (χ2n) is 5.66. The summed E-state index contributed by atoms with van der Waals surface area (Å²) < 4.78 is 1.96. The van der Waals surface area contributed by atoms with Gasteiger partial charge in [-0.25, -0.2) is 9.50 Å². The summed E-state index contributed by atoms with van der Waals surface area (Å²) in [6.07, 6.45) is 4.61. The largest absolute Gasteiger partial charge is 0.306 e. The van der Waals surface area contributed by atoms with Crippen molar-refractivity contribution < 1.29 is 0 Å². The average molecular weight is 290 g/mol. The zero-order chi connectivity index (χ0) is 14.1. The summed E-state index contributed by atoms with van der Waals surface area (Å²) in [6, 6.07) is 2.96. The molecule has 1 saturated heterocycles. The zero-order valence-corrected chi connectivity index (χ0v) is 13.2. The first-order valence-electron chi connectivity index (χ1n) is 7.31. The molecule has 5 heteroatoms. The molecule has 4 nitrogen and oxygen atoms in total. The van der Waals surface area contributed by atoms with Crippen LogP contribution in [0.4, 0.5) is 0 Å². The van der Waals surface area contributed by atoms with Crippen molar-refractivity contribution in [2.75, 3.05) is 11.5 Å². The topological polar surface area (TPSA) is 42.2 Å². The van der Waals surface area contributed by atoms with Crippen LogP contribution in [0.5, 0.6) is 0 Å². The number of hydrogen-bond acceptors (Lipinski definition) is 4. The van der Waals surface area contributed by atoms with Gasteiger partial charge in [-0.1, -0.05) is 0 Å². The fourth-order valence-electron chi connectivity index (χ4n) is 2.92. The number of aromatic nitrogens is 3. The molecule has 0 bridgehead atoms. The molecular formula is C15H22N4S. The first-order chi connectivity index (χ1) is 9.65. The Bertz CT molecular complexity index is 601. The van der Waals surface area contributed by atoms with Gasteiger partial charge in [0.25, 0.3) is 0 Å². The van der Waals surface area contributed by atoms with Crippen LogP contribution in [-0.4, -0.2) is 32.1 Å². The van der Waals surface area contributed by atoms with Crippen LogP contribution in [0.1, 0.15) is 42.8 Å². The number of fused-ring (bicyclic) bond motifs is 1. The second-order valence-corrected chi connectivity index (χ2v) is 6.81. The van der Waals surface area contributed by atoms with Crippen LogP contribution in [0.25, 0.3) is 5.65 Å². The Morgan fingerprint density at radius 1 is 1.45 bits per heavy atom. The highest BCUT2D eigenvalue weighted by Crippen LogP contribution is 2.22. The fraction of sp³-hybridized carbons (Fsp3) is 0.600. The molecule has 1 aliphatic rings. The molecule has 108 valence electrons. The number of aryl methyl sites for hydroxylation is 2. The number of rotatable bonds is 3. The molecule has 0 spiro atoms. The lowest BCUT2D eigenvalue weighted by Crippen LogP contribution is -2.36. The summed E-state index contributed by atoms with van der Waals surface area (Å²) >= 11 is 2.05. The summed E-state index contributed by atoms with van der Waals surface area (Å²) in [5, 5.41) is 8.27. The van der Waals surface area contributed by atoms with E-state index in [1.807, 2.05) is 23.7 Å². The maximum atomic E-state index is 4.53. The molecule has 0 aromatic carbocycles. The summed E-state index contributed by atoms with van der Waals surface area (Å²) in [5.74, 6) is 2.53. The van der Waals surface area contributed by atoms with Gasteiger partial charge < -0.3 is 5.32 Å². The van der Waals surface area contributed by atoms with Crippen molar-refractivity contribution >= 4 is 17.4 Å². The van der Waals surface area contributed by atoms with E-state index in [1.54, 1.807) is 0 Å². The van der Waals surface area contributed by atoms with E-state index in [-0.39, 0.29) is 0 Å². The number of nitrogens with one attached hydrogen (secondary N) is 1. The smallest absolute Gasteiger partial charge is 0.155 e. The van der Waals surface area contributed by atoms with E-state index in [4.69, 9.17) is 0 Å². The third-order valence-corrected chi connectivity index (χ3v) is 5.21. The van der Waals surface area contributed by atoms with Gasteiger partial charge in [0.05, 0.1) is 5.69 Å². The Balaban J connectivity index is 1.83. The standard InChI is InChI=1S/C15H22N4S/c1-10-7-15-16-8-14(12(3)19(15)18-10)11(2)17-13-5-4-6-20-9-13/h7-8,11,13,17H,4-6,9H2,1-3H3. The monoisotopic (exact) mass is 290 g/mol. The minimum atomic E-state index is 0.320. The molecule has 2 unspecified atom stereocenters. The van der Waals surface area contributed by atoms with E-state index in [1.165, 1.54) is 35.6 Å². The Hall–Kier alpha value is -1.07. The van der Waals surface area contributed by atoms with E-state index in [2.05, 4.69) is 41.0 Å². The summed E-state index contributed by atoms with van der Waals surface area (Å²) in [4.78, 5) is 4.53. The summed E-state index contributed by atoms with van der Waals surface area (Å²) in [5.41, 5.74) is 4.38. The Morgan fingerprint density at radius 2 is 2.30 bits per heavy atom. The molecule has 0 saturated carbocycles. The predicted octanol–water partition coefficient (Wildman–Crippen LogP) is 2.89. The molecule has 1 N–H and O–H groups in total. The lowest BCUT2D eigenvalue weighted by molar-refractivity contribution is 0.449. The molecule has 1 aliphatic heterocycles. The third kappa shape index (κ3) is 2.69. The van der Waals surface area contributed by atoms with Gasteiger partial charge in [0, 0.05) is 41.4 Å². The lowest BCUT2D eigenvalue weighted by Gasteiger charge is -2.27. The van der Waals surface area contributed by atoms with Gasteiger partial charge in [0.1, 0.15) is 0 Å². The first-order valence-corrected chi connectivity index (χ1v) is 8.46. The maximum absolute atomic E-state index is 4.53. The van der Waals surface area contributed by atoms with Gasteiger partial charge >= 0.3 is 0 Å². The quantitative estimate of drug-likeness (QED) is 0.944. The normalized spacial score (nSPS) is 21.2. The van der Waals surface area contributed by atoms with Crippen LogP contribution in [0.2, 0.25) is 0 Å². The van der Waals surface area contributed by atoms with Crippen molar-refractivity contribution in [2.24, 2.45) is 0 Å². The number of hydrogen-bond donors (Lipinski definition) is 1. The molecule has 3 rings (SSSR count). The van der Waals surface area contributed by atoms with Gasteiger partial charge in [-0.3, -0.25) is 0 Å². The van der Waals surface area contributed by atoms with Crippen molar-refractivity contribution in [1.29, 1.82) is 0 Å². The maximum Gasteiger partial charge on any atom is 0.155 e. The van der Waals surface area contributed by atoms with E-state index in [0.717, 1.165) is 11.3 Å². The van der Waals surface area contributed by atoms with E-state index in [0.29, 0.717) is 12.1 Å². The number of thioether (sulfide) groups is 1. The van der Waals surface area contributed by atoms with Gasteiger partial charge in [-0.2, -0.15) is 16.9 Å². The molecule has 2 aromatic heterocycles. The third-order valence-electron chi connectivity index (χ3n) is 4.00. The molecule has 3 heterocycles. The van der Waals surface area contributed by atoms with Crippen molar-refractivity contribution in [1.82, 2.24) is 19.9 Å². The van der Waals surface area contributed by atoms with Crippen LogP contribution < -0.4 is 5.32 Å². The SMILES string of the molecule is Cc1cc2ncc(C(C)NC3CCCSC3)c(C)n2n1. The van der Waals surface area contributed by atoms with Crippen molar-refractivity contribution in [2.45, 2.75) is 45.7 Å². The second kappa shape index (κ2) is 5.74. The highest BCUT2D eigenvalue weighted by atomic mass is 32.2. The van der Waals surface area contributed by atoms with Crippen LogP contribution in [0.15, 0.2) is 12.3 Å². The minimum Gasteiger partial charge on any atom is -0.306 e. The molecule has 20 heavy (non-hydrogen) atoms. The van der Waals surface area contributed by atoms with E-state index >= 15 is 0 Å². The van der Waals surface area contributed by atoms with Crippen molar-refractivity contribution in [3.63, 3.8) is 0 Å². The molecule has 2 atom stereocenters. The van der Waals surface area contributed by atoms with E-state index in [9.17, 15) is 0 Å². The molecular weight excluding hydrogens is 268 g/mol. The van der Waals surface area contributed by atoms with Crippen molar-refractivity contribution in [3.8, 4) is 0 Å². The van der Waals surface area contributed by atoms with E-state index < -0.39 is 0 Å². The number of nitrogens with zero attached hydrogens (tertiary/aromatic N) is 3. The first kappa shape index (κ1) is 13.9. The van der Waals surface area contributed by atoms with Gasteiger partial charge in [-0.15, -0.1) is 0 Å². The predicted molar refractivity (Wildman–Crippen MR) is 84.4 cm³/mol. The molecule has 2 aromatic rings. The van der Waals surface area contributed by atoms with Crippen LogP contribution >= 0.6 is 11.8 Å². The minimum absolute atomic E-state index is 0.320. The Labute approximate surface area is 124 Å². The molecule has 0 radical (unpaired) electrons. The van der Waals surface area contributed by atoms with Gasteiger partial charge in [-0.05, 0) is 39.4 Å². The summed E-state index contributed by atoms with van der Waals surface area (Å²) in [6.45, 7) is 6.37. The van der Waals surface area contributed by atoms with Crippen LogP contribution in [-0.2, 0) is 0 Å². The molecule has 0 amide bonds. The molecule has 1 fully saturated rings. The highest BCUT2D eigenvalue weighted by molar-refractivity contribution is 7.99. The van der Waals surface area contributed by atoms with Crippen LogP contribution in [0, 0.1) is 13.8 Å². The van der Waals surface area contributed by atoms with Crippen molar-refractivity contribution in [3.05, 3.63) is 29.2 Å². The lowest BCUT2D eigenvalue weighted by atomic mass is 10.1. The van der Waals surface area contributed by atoms with Crippen LogP contribution in [0.3, 0.4) is 0 Å². The van der Waals surface area contributed by atoms with Gasteiger partial charge in [0.15, 0.2) is 5.65 Å². The molecule has 0 aliphatic carbocycles. The summed E-state index contributed by atoms with van der Waals surface area (Å²) in [7, 11) is 0. The Kier molecular flexibility index (Phi) is 3.98. The fourth-order valence-corrected chi connectivity index (χ4v) is 4.00. The zero-order valence-electron chi connectivity index (χ0n) is 12.4. The highest BCUT2D eigenvalue weighted by Gasteiger charge is 2.19. The average Bonchev–Trinajstić information content (AvgIpc) is 2.82. The van der Waals surface area contributed by atoms with Gasteiger partial charge in [0.2, 0.25) is 0 Å².